The molecule has 0 aliphatic heterocycles. The molecule has 0 aliphatic rings. The molecule has 19 heavy (non-hydrogen) atoms. The van der Waals surface area contributed by atoms with Gasteiger partial charge in [0.05, 0.1) is 11.6 Å². The molecule has 1 aromatic heterocycles. The lowest BCUT2D eigenvalue weighted by atomic mass is 10.2. The van der Waals surface area contributed by atoms with Gasteiger partial charge in [0, 0.05) is 19.2 Å². The van der Waals surface area contributed by atoms with Crippen LogP contribution in [0.3, 0.4) is 0 Å². The highest BCUT2D eigenvalue weighted by Crippen LogP contribution is 2.26. The predicted molar refractivity (Wildman–Crippen MR) is 81.0 cm³/mol. The number of rotatable bonds is 5. The quantitative estimate of drug-likeness (QED) is 0.809. The zero-order valence-electron chi connectivity index (χ0n) is 11.0. The van der Waals surface area contributed by atoms with Gasteiger partial charge in [-0.2, -0.15) is 0 Å². The Morgan fingerprint density at radius 3 is 2.79 bits per heavy atom. The zero-order valence-corrected chi connectivity index (χ0v) is 13.3. The molecule has 0 unspecified atom stereocenters. The van der Waals surface area contributed by atoms with Crippen molar-refractivity contribution in [2.45, 2.75) is 26.8 Å². The lowest BCUT2D eigenvalue weighted by Crippen LogP contribution is -2.03. The molecule has 0 atom stereocenters. The Labute approximate surface area is 126 Å². The summed E-state index contributed by atoms with van der Waals surface area (Å²) in [5, 5.41) is 0.650. The molecule has 0 aliphatic carbocycles. The maximum atomic E-state index is 6.19. The Kier molecular flexibility index (Phi) is 4.88. The summed E-state index contributed by atoms with van der Waals surface area (Å²) in [7, 11) is 0. The van der Waals surface area contributed by atoms with E-state index in [2.05, 4.69) is 32.4 Å². The fourth-order valence-corrected chi connectivity index (χ4v) is 2.66. The lowest BCUT2D eigenvalue weighted by Gasteiger charge is -2.09. The summed E-state index contributed by atoms with van der Waals surface area (Å²) >= 11 is 9.60. The van der Waals surface area contributed by atoms with Crippen LogP contribution in [0.2, 0.25) is 5.02 Å². The van der Waals surface area contributed by atoms with Gasteiger partial charge in [-0.1, -0.05) is 24.6 Å². The minimum Gasteiger partial charge on any atom is -0.492 e. The van der Waals surface area contributed by atoms with Crippen LogP contribution in [0.15, 0.2) is 29.0 Å². The third-order valence-electron chi connectivity index (χ3n) is 2.80. The molecule has 0 bridgehead atoms. The molecule has 3 nitrogen and oxygen atoms in total. The SMILES string of the molecule is CCOc1ccc(Cn2cc(Br)nc2CC)cc1Cl. The first-order valence-corrected chi connectivity index (χ1v) is 7.44. The minimum atomic E-state index is 0.619. The van der Waals surface area contributed by atoms with E-state index in [-0.39, 0.29) is 0 Å². The summed E-state index contributed by atoms with van der Waals surface area (Å²) in [5.41, 5.74) is 1.13. The molecule has 0 amide bonds. The Hall–Kier alpha value is -1.00. The van der Waals surface area contributed by atoms with Gasteiger partial charge in [-0.3, -0.25) is 0 Å². The fourth-order valence-electron chi connectivity index (χ4n) is 1.95. The first-order chi connectivity index (χ1) is 9.13. The third kappa shape index (κ3) is 3.51. The number of halogens is 2. The van der Waals surface area contributed by atoms with Gasteiger partial charge in [-0.15, -0.1) is 0 Å². The normalized spacial score (nSPS) is 10.7. The third-order valence-corrected chi connectivity index (χ3v) is 3.47. The van der Waals surface area contributed by atoms with Crippen molar-refractivity contribution in [2.75, 3.05) is 6.61 Å². The minimum absolute atomic E-state index is 0.619. The van der Waals surface area contributed by atoms with E-state index in [0.29, 0.717) is 11.6 Å². The monoisotopic (exact) mass is 342 g/mol. The van der Waals surface area contributed by atoms with Crippen LogP contribution in [0, 0.1) is 0 Å². The second-order valence-electron chi connectivity index (χ2n) is 4.16. The van der Waals surface area contributed by atoms with Gasteiger partial charge in [0.2, 0.25) is 0 Å². The number of benzene rings is 1. The van der Waals surface area contributed by atoms with E-state index in [1.165, 1.54) is 0 Å². The van der Waals surface area contributed by atoms with E-state index < -0.39 is 0 Å². The van der Waals surface area contributed by atoms with Crippen LogP contribution in [-0.2, 0) is 13.0 Å². The van der Waals surface area contributed by atoms with E-state index in [4.69, 9.17) is 16.3 Å². The topological polar surface area (TPSA) is 27.1 Å². The van der Waals surface area contributed by atoms with Crippen molar-refractivity contribution in [3.05, 3.63) is 45.4 Å². The fraction of sp³-hybridized carbons (Fsp3) is 0.357. The second-order valence-corrected chi connectivity index (χ2v) is 5.38. The maximum Gasteiger partial charge on any atom is 0.137 e. The number of aryl methyl sites for hydroxylation is 1. The smallest absolute Gasteiger partial charge is 0.137 e. The van der Waals surface area contributed by atoms with Crippen molar-refractivity contribution in [1.82, 2.24) is 9.55 Å². The molecule has 5 heteroatoms. The summed E-state index contributed by atoms with van der Waals surface area (Å²) < 4.78 is 8.42. The van der Waals surface area contributed by atoms with E-state index in [0.717, 1.165) is 34.7 Å². The summed E-state index contributed by atoms with van der Waals surface area (Å²) in [4.78, 5) is 4.42. The summed E-state index contributed by atoms with van der Waals surface area (Å²) in [5.74, 6) is 1.78. The van der Waals surface area contributed by atoms with E-state index >= 15 is 0 Å². The Bertz CT molecular complexity index is 569. The average Bonchev–Trinajstić information content (AvgIpc) is 2.73. The highest BCUT2D eigenvalue weighted by molar-refractivity contribution is 9.10. The highest BCUT2D eigenvalue weighted by atomic mass is 79.9. The lowest BCUT2D eigenvalue weighted by molar-refractivity contribution is 0.340. The summed E-state index contributed by atoms with van der Waals surface area (Å²) in [6.07, 6.45) is 2.89. The van der Waals surface area contributed by atoms with Gasteiger partial charge in [0.15, 0.2) is 0 Å². The summed E-state index contributed by atoms with van der Waals surface area (Å²) in [6.45, 7) is 5.42. The highest BCUT2D eigenvalue weighted by Gasteiger charge is 2.07. The van der Waals surface area contributed by atoms with Crippen molar-refractivity contribution < 1.29 is 4.74 Å². The van der Waals surface area contributed by atoms with Gasteiger partial charge in [-0.25, -0.2) is 4.98 Å². The molecule has 1 aromatic carbocycles. The number of hydrogen-bond donors (Lipinski definition) is 0. The van der Waals surface area contributed by atoms with Crippen molar-refractivity contribution in [2.24, 2.45) is 0 Å². The van der Waals surface area contributed by atoms with Crippen LogP contribution in [-0.4, -0.2) is 16.2 Å². The molecule has 0 radical (unpaired) electrons. The van der Waals surface area contributed by atoms with E-state index in [1.54, 1.807) is 0 Å². The molecule has 0 spiro atoms. The average molecular weight is 344 g/mol. The number of imidazole rings is 1. The Balaban J connectivity index is 2.21. The Morgan fingerprint density at radius 2 is 2.16 bits per heavy atom. The van der Waals surface area contributed by atoms with Gasteiger partial charge in [-0.05, 0) is 40.5 Å². The molecule has 2 rings (SSSR count). The zero-order chi connectivity index (χ0) is 13.8. The predicted octanol–water partition coefficient (Wildman–Crippen LogP) is 4.31. The number of nitrogens with zero attached hydrogens (tertiary/aromatic N) is 2. The van der Waals surface area contributed by atoms with E-state index in [9.17, 15) is 0 Å². The first kappa shape index (κ1) is 14.4. The van der Waals surface area contributed by atoms with Crippen LogP contribution in [0.25, 0.3) is 0 Å². The molecular weight excluding hydrogens is 328 g/mol. The van der Waals surface area contributed by atoms with Crippen LogP contribution in [0.5, 0.6) is 5.75 Å². The maximum absolute atomic E-state index is 6.19. The van der Waals surface area contributed by atoms with Crippen LogP contribution >= 0.6 is 27.5 Å². The van der Waals surface area contributed by atoms with Gasteiger partial charge >= 0.3 is 0 Å². The molecule has 0 N–H and O–H groups in total. The molecule has 0 fully saturated rings. The van der Waals surface area contributed by atoms with Crippen molar-refractivity contribution in [3.63, 3.8) is 0 Å². The van der Waals surface area contributed by atoms with Crippen LogP contribution in [0.4, 0.5) is 0 Å². The Morgan fingerprint density at radius 1 is 1.37 bits per heavy atom. The molecule has 1 heterocycles. The first-order valence-electron chi connectivity index (χ1n) is 6.26. The second kappa shape index (κ2) is 6.44. The van der Waals surface area contributed by atoms with Gasteiger partial charge in [0.1, 0.15) is 16.2 Å². The van der Waals surface area contributed by atoms with Gasteiger partial charge < -0.3 is 9.30 Å². The van der Waals surface area contributed by atoms with Gasteiger partial charge in [0.25, 0.3) is 0 Å². The van der Waals surface area contributed by atoms with Crippen molar-refractivity contribution in [3.8, 4) is 5.75 Å². The number of ether oxygens (including phenoxy) is 1. The summed E-state index contributed by atoms with van der Waals surface area (Å²) in [6, 6.07) is 5.89. The molecule has 2 aromatic rings. The molecular formula is C14H16BrClN2O. The van der Waals surface area contributed by atoms with E-state index in [1.807, 2.05) is 31.3 Å². The molecule has 0 saturated heterocycles. The van der Waals surface area contributed by atoms with Crippen molar-refractivity contribution in [1.29, 1.82) is 0 Å². The van der Waals surface area contributed by atoms with Crippen LogP contribution in [0.1, 0.15) is 25.2 Å². The molecule has 0 saturated carbocycles. The van der Waals surface area contributed by atoms with Crippen LogP contribution < -0.4 is 4.74 Å². The largest absolute Gasteiger partial charge is 0.492 e. The van der Waals surface area contributed by atoms with Crippen molar-refractivity contribution >= 4 is 27.5 Å². The standard InChI is InChI=1S/C14H16BrClN2O/c1-3-14-17-13(15)9-18(14)8-10-5-6-12(19-4-2)11(16)7-10/h5-7,9H,3-4,8H2,1-2H3. The number of hydrogen-bond acceptors (Lipinski definition) is 2. The number of aromatic nitrogens is 2. The molecule has 102 valence electrons.